The van der Waals surface area contributed by atoms with Gasteiger partial charge >= 0.3 is 0 Å². The highest BCUT2D eigenvalue weighted by Gasteiger charge is 2.34. The third-order valence-electron chi connectivity index (χ3n) is 5.90. The fourth-order valence-electron chi connectivity index (χ4n) is 4.06. The van der Waals surface area contributed by atoms with Gasteiger partial charge in [-0.2, -0.15) is 0 Å². The van der Waals surface area contributed by atoms with Gasteiger partial charge in [0, 0.05) is 44.6 Å². The molecular formula is C23H28N6O3. The van der Waals surface area contributed by atoms with Gasteiger partial charge in [-0.05, 0) is 29.7 Å². The fraction of sp³-hybridized carbons (Fsp3) is 0.391. The summed E-state index contributed by atoms with van der Waals surface area (Å²) in [5.41, 5.74) is 8.28. The number of piperazine rings is 1. The van der Waals surface area contributed by atoms with Crippen LogP contribution < -0.4 is 16.2 Å². The monoisotopic (exact) mass is 436 g/mol. The van der Waals surface area contributed by atoms with Gasteiger partial charge < -0.3 is 15.1 Å². The molecule has 2 saturated heterocycles. The van der Waals surface area contributed by atoms with Crippen molar-refractivity contribution >= 4 is 17.7 Å². The number of carbonyl (C=O) groups is 3. The molecule has 32 heavy (non-hydrogen) atoms. The molecule has 2 atom stereocenters. The van der Waals surface area contributed by atoms with Crippen LogP contribution in [-0.2, 0) is 20.8 Å². The van der Waals surface area contributed by atoms with Gasteiger partial charge in [0.25, 0.3) is 0 Å². The van der Waals surface area contributed by atoms with Crippen molar-refractivity contribution in [3.8, 4) is 0 Å². The number of aromatic nitrogens is 1. The number of hydrogen-bond acceptors (Lipinski definition) is 6. The molecule has 2 fully saturated rings. The summed E-state index contributed by atoms with van der Waals surface area (Å²) in [6.45, 7) is 1.88. The van der Waals surface area contributed by atoms with Gasteiger partial charge in [-0.25, -0.2) is 10.9 Å². The third kappa shape index (κ3) is 5.49. The molecule has 3 N–H and O–H groups in total. The van der Waals surface area contributed by atoms with Crippen molar-refractivity contribution in [2.75, 3.05) is 32.7 Å². The topological polar surface area (TPSA) is 107 Å². The number of pyridine rings is 1. The SMILES string of the molecule is O=C(Cc1ccccc1)NCC(=O)N1CCN(C(=O)C2CC(c3ccncc3)NN2)CC1. The van der Waals surface area contributed by atoms with Crippen molar-refractivity contribution in [3.05, 3.63) is 66.0 Å². The van der Waals surface area contributed by atoms with Crippen LogP contribution in [0.25, 0.3) is 0 Å². The summed E-state index contributed by atoms with van der Waals surface area (Å²) in [5.74, 6) is -0.267. The lowest BCUT2D eigenvalue weighted by atomic mass is 10.0. The number of hydrogen-bond donors (Lipinski definition) is 3. The molecular weight excluding hydrogens is 408 g/mol. The molecule has 2 aliphatic heterocycles. The minimum Gasteiger partial charge on any atom is -0.347 e. The van der Waals surface area contributed by atoms with E-state index < -0.39 is 0 Å². The number of benzene rings is 1. The lowest BCUT2D eigenvalue weighted by Gasteiger charge is -2.36. The van der Waals surface area contributed by atoms with E-state index in [1.165, 1.54) is 0 Å². The summed E-state index contributed by atoms with van der Waals surface area (Å²) < 4.78 is 0. The standard InChI is InChI=1S/C23H28N6O3/c30-21(14-17-4-2-1-3-5-17)25-16-22(31)28-10-12-29(13-11-28)23(32)20-15-19(26-27-20)18-6-8-24-9-7-18/h1-9,19-20,26-27H,10-16H2,(H,25,30). The first-order chi connectivity index (χ1) is 15.6. The summed E-state index contributed by atoms with van der Waals surface area (Å²) in [4.78, 5) is 45.0. The zero-order valence-corrected chi connectivity index (χ0v) is 17.9. The zero-order valence-electron chi connectivity index (χ0n) is 17.9. The van der Waals surface area contributed by atoms with E-state index in [4.69, 9.17) is 0 Å². The van der Waals surface area contributed by atoms with E-state index in [0.29, 0.717) is 32.6 Å². The highest BCUT2D eigenvalue weighted by molar-refractivity contribution is 5.86. The second-order valence-corrected chi connectivity index (χ2v) is 8.06. The maximum Gasteiger partial charge on any atom is 0.242 e. The van der Waals surface area contributed by atoms with Gasteiger partial charge in [0.1, 0.15) is 6.04 Å². The van der Waals surface area contributed by atoms with Gasteiger partial charge in [-0.3, -0.25) is 19.4 Å². The average Bonchev–Trinajstić information content (AvgIpc) is 3.34. The number of nitrogens with zero attached hydrogens (tertiary/aromatic N) is 3. The molecule has 9 heteroatoms. The summed E-state index contributed by atoms with van der Waals surface area (Å²) in [5, 5.41) is 2.69. The Balaban J connectivity index is 1.19. The second-order valence-electron chi connectivity index (χ2n) is 8.06. The number of rotatable bonds is 6. The molecule has 0 bridgehead atoms. The Morgan fingerprint density at radius 3 is 2.34 bits per heavy atom. The molecule has 0 radical (unpaired) electrons. The predicted octanol–water partition coefficient (Wildman–Crippen LogP) is 0.0189. The van der Waals surface area contributed by atoms with Crippen molar-refractivity contribution in [2.24, 2.45) is 0 Å². The Labute approximate surface area is 187 Å². The van der Waals surface area contributed by atoms with Crippen LogP contribution in [-0.4, -0.2) is 71.3 Å². The van der Waals surface area contributed by atoms with E-state index in [1.54, 1.807) is 22.2 Å². The van der Waals surface area contributed by atoms with Crippen LogP contribution in [0.1, 0.15) is 23.6 Å². The molecule has 2 unspecified atom stereocenters. The molecule has 9 nitrogen and oxygen atoms in total. The van der Waals surface area contributed by atoms with E-state index in [1.807, 2.05) is 42.5 Å². The van der Waals surface area contributed by atoms with Crippen LogP contribution in [0.3, 0.4) is 0 Å². The lowest BCUT2D eigenvalue weighted by molar-refractivity contribution is -0.140. The molecule has 0 spiro atoms. The molecule has 168 valence electrons. The number of nitrogens with one attached hydrogen (secondary N) is 3. The number of amides is 3. The summed E-state index contributed by atoms with van der Waals surface area (Å²) >= 11 is 0. The van der Waals surface area contributed by atoms with Crippen molar-refractivity contribution in [1.82, 2.24) is 31.0 Å². The first-order valence-corrected chi connectivity index (χ1v) is 10.9. The Morgan fingerprint density at radius 2 is 1.62 bits per heavy atom. The highest BCUT2D eigenvalue weighted by Crippen LogP contribution is 2.22. The summed E-state index contributed by atoms with van der Waals surface area (Å²) in [7, 11) is 0. The van der Waals surface area contributed by atoms with Crippen LogP contribution >= 0.6 is 0 Å². The smallest absolute Gasteiger partial charge is 0.242 e. The van der Waals surface area contributed by atoms with Gasteiger partial charge in [0.2, 0.25) is 17.7 Å². The average molecular weight is 437 g/mol. The van der Waals surface area contributed by atoms with E-state index in [2.05, 4.69) is 21.2 Å². The Kier molecular flexibility index (Phi) is 7.08. The van der Waals surface area contributed by atoms with Crippen LogP contribution in [0.5, 0.6) is 0 Å². The molecule has 0 saturated carbocycles. The Bertz CT molecular complexity index is 931. The maximum atomic E-state index is 12.9. The highest BCUT2D eigenvalue weighted by atomic mass is 16.2. The van der Waals surface area contributed by atoms with Crippen LogP contribution in [0.15, 0.2) is 54.9 Å². The fourth-order valence-corrected chi connectivity index (χ4v) is 4.06. The van der Waals surface area contributed by atoms with Crippen LogP contribution in [0.4, 0.5) is 0 Å². The predicted molar refractivity (Wildman–Crippen MR) is 118 cm³/mol. The minimum absolute atomic E-state index is 0.0265. The first kappa shape index (κ1) is 21.9. The van der Waals surface area contributed by atoms with Crippen LogP contribution in [0, 0.1) is 0 Å². The van der Waals surface area contributed by atoms with Gasteiger partial charge in [-0.1, -0.05) is 30.3 Å². The molecule has 3 amide bonds. The van der Waals surface area contributed by atoms with Crippen molar-refractivity contribution < 1.29 is 14.4 Å². The maximum absolute atomic E-state index is 12.9. The number of carbonyl (C=O) groups excluding carboxylic acids is 3. The first-order valence-electron chi connectivity index (χ1n) is 10.9. The molecule has 3 heterocycles. The van der Waals surface area contributed by atoms with Crippen LogP contribution in [0.2, 0.25) is 0 Å². The number of hydrazine groups is 1. The molecule has 2 aromatic rings. The zero-order chi connectivity index (χ0) is 22.3. The summed E-state index contributed by atoms with van der Waals surface area (Å²) in [6.07, 6.45) is 4.40. The molecule has 1 aromatic heterocycles. The van der Waals surface area contributed by atoms with E-state index in [9.17, 15) is 14.4 Å². The van der Waals surface area contributed by atoms with E-state index >= 15 is 0 Å². The van der Waals surface area contributed by atoms with Crippen molar-refractivity contribution in [3.63, 3.8) is 0 Å². The van der Waals surface area contributed by atoms with Gasteiger partial charge in [0.05, 0.1) is 13.0 Å². The quantitative estimate of drug-likeness (QED) is 0.590. The third-order valence-corrected chi connectivity index (χ3v) is 5.90. The normalized spacial score (nSPS) is 20.8. The molecule has 1 aromatic carbocycles. The van der Waals surface area contributed by atoms with Crippen molar-refractivity contribution in [2.45, 2.75) is 24.9 Å². The Hall–Kier alpha value is -3.30. The van der Waals surface area contributed by atoms with Crippen molar-refractivity contribution in [1.29, 1.82) is 0 Å². The minimum atomic E-state index is -0.298. The molecule has 4 rings (SSSR count). The largest absolute Gasteiger partial charge is 0.347 e. The molecule has 2 aliphatic rings. The Morgan fingerprint density at radius 1 is 0.938 bits per heavy atom. The van der Waals surface area contributed by atoms with Gasteiger partial charge in [-0.15, -0.1) is 0 Å². The second kappa shape index (κ2) is 10.3. The van der Waals surface area contributed by atoms with E-state index in [-0.39, 0.29) is 42.8 Å². The van der Waals surface area contributed by atoms with Gasteiger partial charge in [0.15, 0.2) is 0 Å². The summed E-state index contributed by atoms with van der Waals surface area (Å²) in [6, 6.07) is 13.1. The van der Waals surface area contributed by atoms with E-state index in [0.717, 1.165) is 11.1 Å². The lowest BCUT2D eigenvalue weighted by Crippen LogP contribution is -2.55. The molecule has 0 aliphatic carbocycles.